The van der Waals surface area contributed by atoms with Crippen molar-refractivity contribution >= 4 is 17.7 Å². The summed E-state index contributed by atoms with van der Waals surface area (Å²) in [7, 11) is 3.45. The monoisotopic (exact) mass is 317 g/mol. The van der Waals surface area contributed by atoms with Crippen molar-refractivity contribution < 1.29 is 9.53 Å². The molecule has 5 nitrogen and oxygen atoms in total. The molecule has 1 aliphatic rings. The molecule has 3 rings (SSSR count). The average molecular weight is 317 g/mol. The Labute approximate surface area is 134 Å². The fraction of sp³-hybridized carbons (Fsp3) is 0.375. The highest BCUT2D eigenvalue weighted by Gasteiger charge is 2.28. The number of hydrogen-bond donors (Lipinski definition) is 0. The summed E-state index contributed by atoms with van der Waals surface area (Å²) in [4.78, 5) is 14.6. The molecular formula is C16H19N3O2S. The third-order valence-electron chi connectivity index (χ3n) is 3.86. The molecule has 0 saturated carbocycles. The van der Waals surface area contributed by atoms with Gasteiger partial charge < -0.3 is 9.64 Å². The first-order valence-electron chi connectivity index (χ1n) is 7.21. The van der Waals surface area contributed by atoms with E-state index >= 15 is 0 Å². The SMILES string of the molecule is COc1cccc(-c2cc(C(=O)N3CCSC3C)n(C)n2)c1. The number of benzene rings is 1. The molecule has 0 N–H and O–H groups in total. The van der Waals surface area contributed by atoms with Crippen molar-refractivity contribution in [3.8, 4) is 17.0 Å². The lowest BCUT2D eigenvalue weighted by molar-refractivity contribution is 0.0757. The molecule has 0 aliphatic carbocycles. The van der Waals surface area contributed by atoms with Gasteiger partial charge in [0.15, 0.2) is 0 Å². The van der Waals surface area contributed by atoms with Crippen LogP contribution in [0.25, 0.3) is 11.3 Å². The van der Waals surface area contributed by atoms with E-state index in [9.17, 15) is 4.79 Å². The summed E-state index contributed by atoms with van der Waals surface area (Å²) in [6.45, 7) is 2.86. The number of aromatic nitrogens is 2. The average Bonchev–Trinajstić information content (AvgIpc) is 3.12. The van der Waals surface area contributed by atoms with Gasteiger partial charge in [0.25, 0.3) is 5.91 Å². The van der Waals surface area contributed by atoms with Crippen molar-refractivity contribution in [2.75, 3.05) is 19.4 Å². The molecule has 1 saturated heterocycles. The summed E-state index contributed by atoms with van der Waals surface area (Å²) in [6.07, 6.45) is 0. The van der Waals surface area contributed by atoms with Crippen molar-refractivity contribution in [2.24, 2.45) is 7.05 Å². The molecule has 116 valence electrons. The largest absolute Gasteiger partial charge is 0.497 e. The molecule has 1 atom stereocenters. The second-order valence-electron chi connectivity index (χ2n) is 5.24. The number of methoxy groups -OCH3 is 1. The number of thioether (sulfide) groups is 1. The van der Waals surface area contributed by atoms with Crippen molar-refractivity contribution in [1.82, 2.24) is 14.7 Å². The van der Waals surface area contributed by atoms with Crippen LogP contribution in [0.1, 0.15) is 17.4 Å². The maximum atomic E-state index is 12.7. The maximum absolute atomic E-state index is 12.7. The Bertz CT molecular complexity index is 698. The number of carbonyl (C=O) groups is 1. The van der Waals surface area contributed by atoms with Crippen molar-refractivity contribution in [1.29, 1.82) is 0 Å². The van der Waals surface area contributed by atoms with E-state index in [1.165, 1.54) is 0 Å². The third kappa shape index (κ3) is 2.70. The Balaban J connectivity index is 1.91. The van der Waals surface area contributed by atoms with E-state index in [-0.39, 0.29) is 11.3 Å². The second-order valence-corrected chi connectivity index (χ2v) is 6.66. The number of ether oxygens (including phenoxy) is 1. The molecule has 0 bridgehead atoms. The molecule has 0 radical (unpaired) electrons. The van der Waals surface area contributed by atoms with Crippen molar-refractivity contribution in [2.45, 2.75) is 12.3 Å². The fourth-order valence-corrected chi connectivity index (χ4v) is 3.62. The first-order valence-corrected chi connectivity index (χ1v) is 8.26. The van der Waals surface area contributed by atoms with Gasteiger partial charge in [-0.15, -0.1) is 11.8 Å². The zero-order valence-corrected chi connectivity index (χ0v) is 13.8. The Kier molecular flexibility index (Phi) is 4.11. The zero-order valence-electron chi connectivity index (χ0n) is 12.9. The quantitative estimate of drug-likeness (QED) is 0.873. The van der Waals surface area contributed by atoms with Crippen LogP contribution in [0, 0.1) is 0 Å². The normalized spacial score (nSPS) is 17.8. The molecule has 2 aromatic rings. The first kappa shape index (κ1) is 15.0. The molecule has 0 spiro atoms. The van der Waals surface area contributed by atoms with Crippen LogP contribution in [-0.4, -0.2) is 45.4 Å². The van der Waals surface area contributed by atoms with Crippen LogP contribution in [0.4, 0.5) is 0 Å². The molecule has 2 heterocycles. The van der Waals surface area contributed by atoms with Gasteiger partial charge in [-0.3, -0.25) is 9.48 Å². The topological polar surface area (TPSA) is 47.4 Å². The molecule has 1 aromatic heterocycles. The first-order chi connectivity index (χ1) is 10.6. The molecule has 1 amide bonds. The molecule has 22 heavy (non-hydrogen) atoms. The predicted octanol–water partition coefficient (Wildman–Crippen LogP) is 2.63. The summed E-state index contributed by atoms with van der Waals surface area (Å²) < 4.78 is 6.90. The molecule has 1 aliphatic heterocycles. The number of aryl methyl sites for hydroxylation is 1. The Hall–Kier alpha value is -1.95. The van der Waals surface area contributed by atoms with Crippen LogP contribution in [0.2, 0.25) is 0 Å². The van der Waals surface area contributed by atoms with Crippen LogP contribution in [0.3, 0.4) is 0 Å². The van der Waals surface area contributed by atoms with Gasteiger partial charge in [-0.1, -0.05) is 12.1 Å². The fourth-order valence-electron chi connectivity index (χ4n) is 2.60. The van der Waals surface area contributed by atoms with Crippen LogP contribution >= 0.6 is 11.8 Å². The van der Waals surface area contributed by atoms with E-state index in [0.29, 0.717) is 5.69 Å². The van der Waals surface area contributed by atoms with E-state index in [1.54, 1.807) is 23.6 Å². The van der Waals surface area contributed by atoms with Gasteiger partial charge >= 0.3 is 0 Å². The number of carbonyl (C=O) groups excluding carboxylic acids is 1. The third-order valence-corrected chi connectivity index (χ3v) is 5.01. The number of hydrogen-bond acceptors (Lipinski definition) is 4. The van der Waals surface area contributed by atoms with Crippen molar-refractivity contribution in [3.63, 3.8) is 0 Å². The molecular weight excluding hydrogens is 298 g/mol. The number of rotatable bonds is 3. The van der Waals surface area contributed by atoms with Gasteiger partial charge in [0, 0.05) is 24.9 Å². The minimum Gasteiger partial charge on any atom is -0.497 e. The molecule has 1 aromatic carbocycles. The summed E-state index contributed by atoms with van der Waals surface area (Å²) >= 11 is 1.80. The number of amides is 1. The van der Waals surface area contributed by atoms with E-state index in [0.717, 1.165) is 29.3 Å². The predicted molar refractivity (Wildman–Crippen MR) is 88.2 cm³/mol. The van der Waals surface area contributed by atoms with Gasteiger partial charge in [0.05, 0.1) is 18.2 Å². The smallest absolute Gasteiger partial charge is 0.273 e. The minimum absolute atomic E-state index is 0.0432. The van der Waals surface area contributed by atoms with E-state index in [2.05, 4.69) is 12.0 Å². The standard InChI is InChI=1S/C16H19N3O2S/c1-11-19(7-8-22-11)16(20)15-10-14(17-18(15)2)12-5-4-6-13(9-12)21-3/h4-6,9-11H,7-8H2,1-3H3. The van der Waals surface area contributed by atoms with Crippen LogP contribution in [0.15, 0.2) is 30.3 Å². The highest BCUT2D eigenvalue weighted by atomic mass is 32.2. The van der Waals surface area contributed by atoms with Gasteiger partial charge in [0.1, 0.15) is 11.4 Å². The highest BCUT2D eigenvalue weighted by Crippen LogP contribution is 2.27. The lowest BCUT2D eigenvalue weighted by atomic mass is 10.1. The van der Waals surface area contributed by atoms with Gasteiger partial charge in [-0.2, -0.15) is 5.10 Å². The molecule has 1 unspecified atom stereocenters. The Morgan fingerprint density at radius 2 is 2.23 bits per heavy atom. The maximum Gasteiger partial charge on any atom is 0.273 e. The highest BCUT2D eigenvalue weighted by molar-refractivity contribution is 8.00. The van der Waals surface area contributed by atoms with E-state index in [1.807, 2.05) is 42.3 Å². The Morgan fingerprint density at radius 1 is 1.41 bits per heavy atom. The lowest BCUT2D eigenvalue weighted by Gasteiger charge is -2.20. The van der Waals surface area contributed by atoms with Gasteiger partial charge in [-0.25, -0.2) is 0 Å². The summed E-state index contributed by atoms with van der Waals surface area (Å²) in [6, 6.07) is 9.55. The summed E-state index contributed by atoms with van der Waals surface area (Å²) in [5.74, 6) is 1.82. The summed E-state index contributed by atoms with van der Waals surface area (Å²) in [5.41, 5.74) is 2.34. The van der Waals surface area contributed by atoms with Crippen LogP contribution in [0.5, 0.6) is 5.75 Å². The number of nitrogens with zero attached hydrogens (tertiary/aromatic N) is 3. The van der Waals surface area contributed by atoms with E-state index in [4.69, 9.17) is 4.74 Å². The van der Waals surface area contributed by atoms with Crippen LogP contribution in [-0.2, 0) is 7.05 Å². The van der Waals surface area contributed by atoms with Crippen LogP contribution < -0.4 is 4.74 Å². The van der Waals surface area contributed by atoms with Gasteiger partial charge in [0.2, 0.25) is 0 Å². The lowest BCUT2D eigenvalue weighted by Crippen LogP contribution is -2.34. The molecule has 1 fully saturated rings. The summed E-state index contributed by atoms with van der Waals surface area (Å²) in [5, 5.41) is 4.71. The van der Waals surface area contributed by atoms with Gasteiger partial charge in [-0.05, 0) is 25.1 Å². The minimum atomic E-state index is 0.0432. The Morgan fingerprint density at radius 3 is 2.91 bits per heavy atom. The zero-order chi connectivity index (χ0) is 15.7. The van der Waals surface area contributed by atoms with Crippen molar-refractivity contribution in [3.05, 3.63) is 36.0 Å². The second kappa shape index (κ2) is 6.04. The molecule has 6 heteroatoms. The van der Waals surface area contributed by atoms with E-state index < -0.39 is 0 Å².